The van der Waals surface area contributed by atoms with Gasteiger partial charge in [0.25, 0.3) is 0 Å². The maximum absolute atomic E-state index is 11.9. The topological polar surface area (TPSA) is 55.2 Å². The van der Waals surface area contributed by atoms with Crippen LogP contribution in [-0.4, -0.2) is 52.8 Å². The van der Waals surface area contributed by atoms with Crippen LogP contribution in [-0.2, 0) is 22.9 Å². The van der Waals surface area contributed by atoms with E-state index in [0.29, 0.717) is 12.3 Å². The molecule has 1 fully saturated rings. The van der Waals surface area contributed by atoms with Crippen LogP contribution in [0.1, 0.15) is 18.3 Å². The summed E-state index contributed by atoms with van der Waals surface area (Å²) in [5.41, 5.74) is 2.01. The fourth-order valence-corrected chi connectivity index (χ4v) is 5.75. The van der Waals surface area contributed by atoms with Crippen molar-refractivity contribution in [2.75, 3.05) is 24.3 Å². The van der Waals surface area contributed by atoms with Gasteiger partial charge in [-0.2, -0.15) is 16.9 Å². The summed E-state index contributed by atoms with van der Waals surface area (Å²) in [5, 5.41) is 4.08. The normalized spacial score (nSPS) is 21.3. The van der Waals surface area contributed by atoms with Gasteiger partial charge in [0.2, 0.25) is 0 Å². The number of thioether (sulfide) groups is 1. The number of sulfone groups is 1. The summed E-state index contributed by atoms with van der Waals surface area (Å²) < 4.78 is 26.8. The molecule has 0 aliphatic carbocycles. The van der Waals surface area contributed by atoms with Gasteiger partial charge in [0, 0.05) is 37.4 Å². The van der Waals surface area contributed by atoms with Crippen molar-refractivity contribution in [3.8, 4) is 0 Å². The molecule has 1 atom stereocenters. The Morgan fingerprint density at radius 2 is 2.20 bits per heavy atom. The molecule has 0 spiro atoms. The lowest BCUT2D eigenvalue weighted by molar-refractivity contribution is 0.253. The van der Waals surface area contributed by atoms with E-state index in [1.165, 1.54) is 6.26 Å². The summed E-state index contributed by atoms with van der Waals surface area (Å²) in [6, 6.07) is 0. The summed E-state index contributed by atoms with van der Waals surface area (Å²) in [5.74, 6) is 1.62. The van der Waals surface area contributed by atoms with E-state index in [9.17, 15) is 8.42 Å². The molecule has 1 aromatic rings. The number of aryl methyl sites for hydroxylation is 2. The van der Waals surface area contributed by atoms with Crippen molar-refractivity contribution < 1.29 is 8.42 Å². The van der Waals surface area contributed by atoms with E-state index >= 15 is 0 Å². The fourth-order valence-electron chi connectivity index (χ4n) is 2.40. The molecular formula is C12H20BrN3O2S2. The highest BCUT2D eigenvalue weighted by Crippen LogP contribution is 2.27. The smallest absolute Gasteiger partial charge is 0.164 e. The Morgan fingerprint density at radius 3 is 2.80 bits per heavy atom. The lowest BCUT2D eigenvalue weighted by Gasteiger charge is -2.34. The Kier molecular flexibility index (Phi) is 5.20. The van der Waals surface area contributed by atoms with E-state index in [1.807, 2.05) is 18.5 Å². The van der Waals surface area contributed by atoms with Crippen molar-refractivity contribution in [2.45, 2.75) is 32.3 Å². The second kappa shape index (κ2) is 6.37. The zero-order chi connectivity index (χ0) is 14.9. The van der Waals surface area contributed by atoms with Crippen LogP contribution in [0.4, 0.5) is 0 Å². The standard InChI is InChI=1S/C12H20BrN3O2S2/c1-4-16-10(12(13)9(2)14-16)7-15-5-6-19-8-11(15)20(3,17)18/h11H,4-8H2,1-3H3. The van der Waals surface area contributed by atoms with Gasteiger partial charge in [0.15, 0.2) is 9.84 Å². The second-order valence-electron chi connectivity index (χ2n) is 4.99. The van der Waals surface area contributed by atoms with Gasteiger partial charge in [-0.05, 0) is 29.8 Å². The van der Waals surface area contributed by atoms with Crippen molar-refractivity contribution in [3.05, 3.63) is 15.9 Å². The van der Waals surface area contributed by atoms with Gasteiger partial charge in [0.05, 0.1) is 15.9 Å². The van der Waals surface area contributed by atoms with Gasteiger partial charge in [-0.3, -0.25) is 9.58 Å². The summed E-state index contributed by atoms with van der Waals surface area (Å²) in [4.78, 5) is 2.05. The van der Waals surface area contributed by atoms with Crippen molar-refractivity contribution in [1.29, 1.82) is 0 Å². The Balaban J connectivity index is 2.28. The van der Waals surface area contributed by atoms with Crippen LogP contribution in [0, 0.1) is 6.92 Å². The minimum atomic E-state index is -3.06. The molecule has 1 unspecified atom stereocenters. The minimum Gasteiger partial charge on any atom is -0.280 e. The molecular weight excluding hydrogens is 362 g/mol. The van der Waals surface area contributed by atoms with Gasteiger partial charge in [-0.1, -0.05) is 0 Å². The molecule has 0 aromatic carbocycles. The first-order valence-corrected chi connectivity index (χ1v) is 10.5. The average molecular weight is 382 g/mol. The molecule has 5 nitrogen and oxygen atoms in total. The highest BCUT2D eigenvalue weighted by molar-refractivity contribution is 9.10. The molecule has 0 saturated carbocycles. The molecule has 1 aliphatic heterocycles. The predicted molar refractivity (Wildman–Crippen MR) is 86.7 cm³/mol. The van der Waals surface area contributed by atoms with Gasteiger partial charge in [-0.25, -0.2) is 8.42 Å². The zero-order valence-corrected chi connectivity index (χ0v) is 15.2. The molecule has 114 valence electrons. The largest absolute Gasteiger partial charge is 0.280 e. The summed E-state index contributed by atoms with van der Waals surface area (Å²) in [6.07, 6.45) is 1.33. The number of halogens is 1. The fraction of sp³-hybridized carbons (Fsp3) is 0.750. The Hall–Kier alpha value is -0.0500. The molecule has 1 aromatic heterocycles. The lowest BCUT2D eigenvalue weighted by atomic mass is 10.3. The Labute approximate surface area is 133 Å². The van der Waals surface area contributed by atoms with Gasteiger partial charge in [0.1, 0.15) is 5.37 Å². The van der Waals surface area contributed by atoms with Crippen LogP contribution in [0.2, 0.25) is 0 Å². The Morgan fingerprint density at radius 1 is 1.50 bits per heavy atom. The van der Waals surface area contributed by atoms with Crippen LogP contribution in [0.15, 0.2) is 4.47 Å². The number of aromatic nitrogens is 2. The van der Waals surface area contributed by atoms with Crippen molar-refractivity contribution in [1.82, 2.24) is 14.7 Å². The third kappa shape index (κ3) is 3.40. The van der Waals surface area contributed by atoms with E-state index in [1.54, 1.807) is 11.8 Å². The van der Waals surface area contributed by atoms with Gasteiger partial charge in [-0.15, -0.1) is 0 Å². The van der Waals surface area contributed by atoms with Crippen molar-refractivity contribution in [3.63, 3.8) is 0 Å². The summed E-state index contributed by atoms with van der Waals surface area (Å²) in [7, 11) is -3.06. The van der Waals surface area contributed by atoms with E-state index in [-0.39, 0.29) is 0 Å². The number of hydrogen-bond donors (Lipinski definition) is 0. The molecule has 2 rings (SSSR count). The predicted octanol–water partition coefficient (Wildman–Crippen LogP) is 1.89. The van der Waals surface area contributed by atoms with E-state index in [4.69, 9.17) is 0 Å². The minimum absolute atomic E-state index is 0.395. The monoisotopic (exact) mass is 381 g/mol. The first kappa shape index (κ1) is 16.3. The number of hydrogen-bond acceptors (Lipinski definition) is 5. The highest BCUT2D eigenvalue weighted by Gasteiger charge is 2.32. The molecule has 2 heterocycles. The van der Waals surface area contributed by atoms with Crippen molar-refractivity contribution in [2.24, 2.45) is 0 Å². The Bertz CT molecular complexity index is 586. The van der Waals surface area contributed by atoms with E-state index in [0.717, 1.165) is 34.7 Å². The molecule has 1 aliphatic rings. The van der Waals surface area contributed by atoms with E-state index < -0.39 is 15.2 Å². The number of nitrogens with zero attached hydrogens (tertiary/aromatic N) is 3. The van der Waals surface area contributed by atoms with Gasteiger partial charge < -0.3 is 0 Å². The second-order valence-corrected chi connectivity index (χ2v) is 9.14. The molecule has 8 heteroatoms. The van der Waals surface area contributed by atoms with Crippen LogP contribution in [0.5, 0.6) is 0 Å². The van der Waals surface area contributed by atoms with Crippen LogP contribution in [0.25, 0.3) is 0 Å². The molecule has 0 radical (unpaired) electrons. The lowest BCUT2D eigenvalue weighted by Crippen LogP contribution is -2.46. The van der Waals surface area contributed by atoms with Crippen LogP contribution < -0.4 is 0 Å². The molecule has 0 amide bonds. The molecule has 0 bridgehead atoms. The first-order chi connectivity index (χ1) is 9.34. The van der Waals surface area contributed by atoms with Gasteiger partial charge >= 0.3 is 0 Å². The maximum Gasteiger partial charge on any atom is 0.164 e. The zero-order valence-electron chi connectivity index (χ0n) is 12.0. The third-order valence-electron chi connectivity index (χ3n) is 3.49. The third-order valence-corrected chi connectivity index (χ3v) is 7.21. The average Bonchev–Trinajstić information content (AvgIpc) is 2.66. The van der Waals surface area contributed by atoms with Crippen LogP contribution >= 0.6 is 27.7 Å². The van der Waals surface area contributed by atoms with E-state index in [2.05, 4.69) is 25.9 Å². The molecule has 20 heavy (non-hydrogen) atoms. The summed E-state index contributed by atoms with van der Waals surface area (Å²) >= 11 is 5.28. The molecule has 0 N–H and O–H groups in total. The maximum atomic E-state index is 11.9. The molecule has 1 saturated heterocycles. The number of rotatable bonds is 4. The van der Waals surface area contributed by atoms with Crippen molar-refractivity contribution >= 4 is 37.5 Å². The SMILES string of the molecule is CCn1nc(C)c(Br)c1CN1CCSCC1S(C)(=O)=O. The quantitative estimate of drug-likeness (QED) is 0.796. The highest BCUT2D eigenvalue weighted by atomic mass is 79.9. The first-order valence-electron chi connectivity index (χ1n) is 6.57. The van der Waals surface area contributed by atoms with Crippen LogP contribution in [0.3, 0.4) is 0 Å². The summed E-state index contributed by atoms with van der Waals surface area (Å²) in [6.45, 7) is 6.20.